The molecule has 0 heterocycles. The summed E-state index contributed by atoms with van der Waals surface area (Å²) in [6.45, 7) is 7.85. The molecule has 17 heavy (non-hydrogen) atoms. The molecule has 2 bridgehead atoms. The van der Waals surface area contributed by atoms with Gasteiger partial charge in [-0.1, -0.05) is 19.0 Å². The average molecular weight is 256 g/mol. The number of fused-ring (bicyclic) bond motifs is 2. The Morgan fingerprint density at radius 1 is 1.35 bits per heavy atom. The van der Waals surface area contributed by atoms with Crippen molar-refractivity contribution in [1.82, 2.24) is 4.90 Å². The lowest BCUT2D eigenvalue weighted by atomic mass is 9.98. The molecule has 0 amide bonds. The number of hydrogen-bond acceptors (Lipinski definition) is 4. The van der Waals surface area contributed by atoms with E-state index in [1.165, 1.54) is 19.3 Å². The van der Waals surface area contributed by atoms with Crippen LogP contribution in [0.4, 0.5) is 0 Å². The number of thioether (sulfide) groups is 1. The molecule has 0 spiro atoms. The summed E-state index contributed by atoms with van der Waals surface area (Å²) >= 11 is 2.01. The van der Waals surface area contributed by atoms with Crippen molar-refractivity contribution in [2.45, 2.75) is 38.4 Å². The van der Waals surface area contributed by atoms with Gasteiger partial charge in [-0.05, 0) is 38.3 Å². The summed E-state index contributed by atoms with van der Waals surface area (Å²) in [6, 6.07) is 0. The molecule has 0 aromatic rings. The molecule has 2 fully saturated rings. The number of oxime groups is 1. The van der Waals surface area contributed by atoms with E-state index in [2.05, 4.69) is 23.9 Å². The first-order chi connectivity index (χ1) is 8.30. The van der Waals surface area contributed by atoms with Gasteiger partial charge in [0.2, 0.25) is 0 Å². The third-order valence-corrected chi connectivity index (χ3v) is 5.73. The maximum atomic E-state index is 9.12. The molecule has 0 aromatic carbocycles. The zero-order valence-electron chi connectivity index (χ0n) is 10.9. The zero-order valence-corrected chi connectivity index (χ0v) is 11.7. The standard InChI is InChI=1S/C13H24N2OS/c1-3-15(4-2)7-8-17-13-11-6-5-10(9-11)12(13)14-16/h10-11,13,16H,3-9H2,1-2H3/b14-12-. The maximum absolute atomic E-state index is 9.12. The van der Waals surface area contributed by atoms with Crippen LogP contribution in [0, 0.1) is 11.8 Å². The molecule has 4 heteroatoms. The van der Waals surface area contributed by atoms with E-state index in [0.29, 0.717) is 11.2 Å². The topological polar surface area (TPSA) is 35.8 Å². The molecule has 3 nitrogen and oxygen atoms in total. The first-order valence-corrected chi connectivity index (χ1v) is 7.90. The number of rotatable bonds is 6. The summed E-state index contributed by atoms with van der Waals surface area (Å²) in [5.41, 5.74) is 1.09. The van der Waals surface area contributed by atoms with Crippen LogP contribution in [-0.2, 0) is 0 Å². The predicted molar refractivity (Wildman–Crippen MR) is 74.1 cm³/mol. The van der Waals surface area contributed by atoms with E-state index in [1.54, 1.807) is 0 Å². The van der Waals surface area contributed by atoms with Crippen molar-refractivity contribution in [3.63, 3.8) is 0 Å². The third-order valence-electron chi connectivity index (χ3n) is 4.33. The van der Waals surface area contributed by atoms with Gasteiger partial charge < -0.3 is 10.1 Å². The molecule has 98 valence electrons. The van der Waals surface area contributed by atoms with Crippen LogP contribution in [0.2, 0.25) is 0 Å². The smallest absolute Gasteiger partial charge is 0.0734 e. The van der Waals surface area contributed by atoms with Gasteiger partial charge in [-0.25, -0.2) is 0 Å². The molecule has 2 aliphatic rings. The van der Waals surface area contributed by atoms with Crippen molar-refractivity contribution in [3.05, 3.63) is 0 Å². The van der Waals surface area contributed by atoms with Gasteiger partial charge in [0.25, 0.3) is 0 Å². The quantitative estimate of drug-likeness (QED) is 0.586. The van der Waals surface area contributed by atoms with E-state index >= 15 is 0 Å². The van der Waals surface area contributed by atoms with Crippen molar-refractivity contribution in [1.29, 1.82) is 0 Å². The summed E-state index contributed by atoms with van der Waals surface area (Å²) in [6.07, 6.45) is 3.85. The van der Waals surface area contributed by atoms with Crippen molar-refractivity contribution in [2.24, 2.45) is 17.0 Å². The minimum atomic E-state index is 0.509. The minimum absolute atomic E-state index is 0.509. The summed E-state index contributed by atoms with van der Waals surface area (Å²) in [5, 5.41) is 13.2. The summed E-state index contributed by atoms with van der Waals surface area (Å²) in [7, 11) is 0. The Morgan fingerprint density at radius 2 is 2.12 bits per heavy atom. The predicted octanol–water partition coefficient (Wildman–Crippen LogP) is 2.69. The van der Waals surface area contributed by atoms with Gasteiger partial charge in [-0.3, -0.25) is 0 Å². The van der Waals surface area contributed by atoms with Gasteiger partial charge >= 0.3 is 0 Å². The lowest BCUT2D eigenvalue weighted by Gasteiger charge is -2.24. The fourth-order valence-electron chi connectivity index (χ4n) is 3.24. The van der Waals surface area contributed by atoms with E-state index in [-0.39, 0.29) is 0 Å². The normalized spacial score (nSPS) is 34.1. The van der Waals surface area contributed by atoms with Crippen molar-refractivity contribution >= 4 is 17.5 Å². The Bertz CT molecular complexity index is 279. The molecular formula is C13H24N2OS. The second-order valence-electron chi connectivity index (χ2n) is 5.11. The fraction of sp³-hybridized carbons (Fsp3) is 0.923. The highest BCUT2D eigenvalue weighted by Crippen LogP contribution is 2.47. The van der Waals surface area contributed by atoms with Crippen LogP contribution in [0.5, 0.6) is 0 Å². The summed E-state index contributed by atoms with van der Waals surface area (Å²) < 4.78 is 0. The second kappa shape index (κ2) is 6.10. The Hall–Kier alpha value is -0.220. The first-order valence-electron chi connectivity index (χ1n) is 6.85. The maximum Gasteiger partial charge on any atom is 0.0734 e. The molecule has 0 aromatic heterocycles. The molecule has 1 N–H and O–H groups in total. The van der Waals surface area contributed by atoms with Gasteiger partial charge in [-0.2, -0.15) is 11.8 Å². The molecule has 0 saturated heterocycles. The fourth-order valence-corrected chi connectivity index (χ4v) is 4.79. The van der Waals surface area contributed by atoms with Crippen LogP contribution in [0.15, 0.2) is 5.16 Å². The van der Waals surface area contributed by atoms with Gasteiger partial charge in [0.05, 0.1) is 5.71 Å². The third kappa shape index (κ3) is 2.79. The molecule has 3 unspecified atom stereocenters. The summed E-state index contributed by atoms with van der Waals surface area (Å²) in [5.74, 6) is 2.54. The molecule has 0 radical (unpaired) electrons. The van der Waals surface area contributed by atoms with E-state index in [4.69, 9.17) is 5.21 Å². The SMILES string of the molecule is CCN(CC)CCSC1/C(=N\O)C2CCC1C2. The molecule has 0 aliphatic heterocycles. The molecule has 2 rings (SSSR count). The van der Waals surface area contributed by atoms with E-state index in [9.17, 15) is 0 Å². The lowest BCUT2D eigenvalue weighted by molar-refractivity contribution is 0.313. The van der Waals surface area contributed by atoms with Crippen LogP contribution < -0.4 is 0 Å². The van der Waals surface area contributed by atoms with Crippen LogP contribution in [0.25, 0.3) is 0 Å². The molecule has 2 saturated carbocycles. The highest BCUT2D eigenvalue weighted by atomic mass is 32.2. The minimum Gasteiger partial charge on any atom is -0.411 e. The first kappa shape index (κ1) is 13.2. The van der Waals surface area contributed by atoms with Crippen LogP contribution in [0.1, 0.15) is 33.1 Å². The van der Waals surface area contributed by atoms with Crippen molar-refractivity contribution in [2.75, 3.05) is 25.4 Å². The second-order valence-corrected chi connectivity index (χ2v) is 6.36. The zero-order chi connectivity index (χ0) is 12.3. The largest absolute Gasteiger partial charge is 0.411 e. The Labute approximate surface area is 109 Å². The van der Waals surface area contributed by atoms with Crippen LogP contribution in [0.3, 0.4) is 0 Å². The Kier molecular flexibility index (Phi) is 4.74. The monoisotopic (exact) mass is 256 g/mol. The average Bonchev–Trinajstić information content (AvgIpc) is 2.95. The number of hydrogen-bond donors (Lipinski definition) is 1. The van der Waals surface area contributed by atoms with E-state index in [1.807, 2.05) is 11.8 Å². The molecule has 2 aliphatic carbocycles. The van der Waals surface area contributed by atoms with Gasteiger partial charge in [0.15, 0.2) is 0 Å². The van der Waals surface area contributed by atoms with Crippen LogP contribution in [-0.4, -0.2) is 46.5 Å². The van der Waals surface area contributed by atoms with Crippen molar-refractivity contribution < 1.29 is 5.21 Å². The van der Waals surface area contributed by atoms with Gasteiger partial charge in [0, 0.05) is 23.5 Å². The van der Waals surface area contributed by atoms with Crippen molar-refractivity contribution in [3.8, 4) is 0 Å². The highest BCUT2D eigenvalue weighted by molar-refractivity contribution is 8.00. The van der Waals surface area contributed by atoms with E-state index < -0.39 is 0 Å². The Morgan fingerprint density at radius 3 is 2.76 bits per heavy atom. The molecular weight excluding hydrogens is 232 g/mol. The number of nitrogens with zero attached hydrogens (tertiary/aromatic N) is 2. The summed E-state index contributed by atoms with van der Waals surface area (Å²) in [4.78, 5) is 2.45. The molecule has 3 atom stereocenters. The van der Waals surface area contributed by atoms with Gasteiger partial charge in [0.1, 0.15) is 0 Å². The van der Waals surface area contributed by atoms with Gasteiger partial charge in [-0.15, -0.1) is 0 Å². The van der Waals surface area contributed by atoms with E-state index in [0.717, 1.165) is 37.0 Å². The Balaban J connectivity index is 1.79. The lowest BCUT2D eigenvalue weighted by Crippen LogP contribution is -2.29. The van der Waals surface area contributed by atoms with Crippen LogP contribution >= 0.6 is 11.8 Å². The highest BCUT2D eigenvalue weighted by Gasteiger charge is 2.45.